The number of carboxylic acids is 1. The van der Waals surface area contributed by atoms with Crippen LogP contribution in [-0.2, 0) is 11.2 Å². The van der Waals surface area contributed by atoms with Crippen LogP contribution in [-0.4, -0.2) is 42.5 Å². The van der Waals surface area contributed by atoms with Crippen molar-refractivity contribution in [1.82, 2.24) is 4.90 Å². The highest BCUT2D eigenvalue weighted by Crippen LogP contribution is 2.23. The molecule has 1 N–H and O–H groups in total. The van der Waals surface area contributed by atoms with Crippen LogP contribution in [0.3, 0.4) is 0 Å². The van der Waals surface area contributed by atoms with Crippen LogP contribution in [0.4, 0.5) is 13.2 Å². The van der Waals surface area contributed by atoms with Gasteiger partial charge in [-0.25, -0.2) is 0 Å². The van der Waals surface area contributed by atoms with E-state index < -0.39 is 18.4 Å². The number of hydrogen-bond donors (Lipinski definition) is 1. The molecule has 0 bridgehead atoms. The van der Waals surface area contributed by atoms with E-state index in [1.54, 1.807) is 14.1 Å². The van der Waals surface area contributed by atoms with Crippen molar-refractivity contribution in [1.29, 1.82) is 0 Å². The number of nitrogens with zero attached hydrogens (tertiary/aromatic N) is 1. The van der Waals surface area contributed by atoms with E-state index in [2.05, 4.69) is 4.74 Å². The molecule has 1 rings (SSSR count). The smallest absolute Gasteiger partial charge is 0.480 e. The molecule has 0 aliphatic carbocycles. The molecule has 106 valence electrons. The number of likely N-dealkylation sites (N-methyl/N-ethyl adjacent to an activating group) is 1. The minimum absolute atomic E-state index is 0.203. The summed E-state index contributed by atoms with van der Waals surface area (Å²) in [5, 5.41) is 9.00. The topological polar surface area (TPSA) is 49.8 Å². The predicted molar refractivity (Wildman–Crippen MR) is 61.9 cm³/mol. The zero-order valence-corrected chi connectivity index (χ0v) is 10.4. The quantitative estimate of drug-likeness (QED) is 0.896. The maximum Gasteiger partial charge on any atom is 0.573 e. The average Bonchev–Trinajstić information content (AvgIpc) is 2.25. The standard InChI is InChI=1S/C12H14F3NO3/c1-16(2)10(11(17)18)7-8-3-5-9(6-4-8)19-12(13,14)15/h3-6,10H,7H2,1-2H3,(H,17,18). The second-order valence-electron chi connectivity index (χ2n) is 4.21. The summed E-state index contributed by atoms with van der Waals surface area (Å²) in [7, 11) is 3.25. The number of carbonyl (C=O) groups is 1. The SMILES string of the molecule is CN(C)C(Cc1ccc(OC(F)(F)F)cc1)C(=O)O. The Morgan fingerprint density at radius 1 is 1.32 bits per heavy atom. The first-order valence-electron chi connectivity index (χ1n) is 5.43. The molecule has 0 aromatic heterocycles. The van der Waals surface area contributed by atoms with Crippen molar-refractivity contribution in [3.05, 3.63) is 29.8 Å². The summed E-state index contributed by atoms with van der Waals surface area (Å²) >= 11 is 0. The summed E-state index contributed by atoms with van der Waals surface area (Å²) in [5.74, 6) is -1.31. The summed E-state index contributed by atoms with van der Waals surface area (Å²) in [6.45, 7) is 0. The van der Waals surface area contributed by atoms with Gasteiger partial charge in [-0.15, -0.1) is 13.2 Å². The van der Waals surface area contributed by atoms with Crippen molar-refractivity contribution in [2.24, 2.45) is 0 Å². The lowest BCUT2D eigenvalue weighted by molar-refractivity contribution is -0.274. The Labute approximate surface area is 108 Å². The van der Waals surface area contributed by atoms with Crippen LogP contribution in [0.25, 0.3) is 0 Å². The summed E-state index contributed by atoms with van der Waals surface area (Å²) < 4.78 is 39.6. The number of alkyl halides is 3. The van der Waals surface area contributed by atoms with E-state index in [1.165, 1.54) is 17.0 Å². The van der Waals surface area contributed by atoms with Gasteiger partial charge in [0.1, 0.15) is 11.8 Å². The maximum absolute atomic E-state index is 12.0. The zero-order valence-electron chi connectivity index (χ0n) is 10.4. The van der Waals surface area contributed by atoms with Gasteiger partial charge in [0.15, 0.2) is 0 Å². The molecule has 1 atom stereocenters. The fraction of sp³-hybridized carbons (Fsp3) is 0.417. The van der Waals surface area contributed by atoms with Crippen molar-refractivity contribution >= 4 is 5.97 Å². The molecule has 0 saturated carbocycles. The van der Waals surface area contributed by atoms with E-state index in [0.717, 1.165) is 12.1 Å². The summed E-state index contributed by atoms with van der Waals surface area (Å²) in [5.41, 5.74) is 0.621. The van der Waals surface area contributed by atoms with Gasteiger partial charge in [-0.3, -0.25) is 9.69 Å². The van der Waals surface area contributed by atoms with Gasteiger partial charge in [0.05, 0.1) is 0 Å². The highest BCUT2D eigenvalue weighted by molar-refractivity contribution is 5.73. The number of halogens is 3. The monoisotopic (exact) mass is 277 g/mol. The van der Waals surface area contributed by atoms with E-state index in [1.807, 2.05) is 0 Å². The molecule has 1 aromatic carbocycles. The molecule has 0 aliphatic rings. The Balaban J connectivity index is 2.74. The summed E-state index contributed by atoms with van der Waals surface area (Å²) in [6, 6.07) is 4.44. The molecule has 0 saturated heterocycles. The van der Waals surface area contributed by atoms with Crippen LogP contribution < -0.4 is 4.74 Å². The lowest BCUT2D eigenvalue weighted by Crippen LogP contribution is -2.37. The molecule has 0 aliphatic heterocycles. The third kappa shape index (κ3) is 5.17. The molecule has 0 spiro atoms. The van der Waals surface area contributed by atoms with Gasteiger partial charge in [-0.05, 0) is 38.2 Å². The van der Waals surface area contributed by atoms with Crippen LogP contribution >= 0.6 is 0 Å². The molecule has 0 fully saturated rings. The van der Waals surface area contributed by atoms with Crippen molar-refractivity contribution in [2.45, 2.75) is 18.8 Å². The normalized spacial score (nSPS) is 13.4. The highest BCUT2D eigenvalue weighted by atomic mass is 19.4. The van der Waals surface area contributed by atoms with E-state index in [9.17, 15) is 18.0 Å². The number of aliphatic carboxylic acids is 1. The molecule has 7 heteroatoms. The molecule has 0 amide bonds. The summed E-state index contributed by atoms with van der Waals surface area (Å²) in [4.78, 5) is 12.5. The Bertz CT molecular complexity index is 429. The molecular formula is C12H14F3NO3. The first kappa shape index (κ1) is 15.3. The lowest BCUT2D eigenvalue weighted by Gasteiger charge is -2.20. The first-order valence-corrected chi connectivity index (χ1v) is 5.43. The van der Waals surface area contributed by atoms with Crippen molar-refractivity contribution in [3.63, 3.8) is 0 Å². The molecule has 1 unspecified atom stereocenters. The minimum Gasteiger partial charge on any atom is -0.480 e. The first-order chi connectivity index (χ1) is 8.69. The average molecular weight is 277 g/mol. The number of carboxylic acid groups (broad SMARTS) is 1. The fourth-order valence-corrected chi connectivity index (χ4v) is 1.54. The Kier molecular flexibility index (Phi) is 4.77. The zero-order chi connectivity index (χ0) is 14.6. The van der Waals surface area contributed by atoms with Crippen LogP contribution in [0, 0.1) is 0 Å². The number of benzene rings is 1. The molecule has 19 heavy (non-hydrogen) atoms. The molecule has 0 radical (unpaired) electrons. The fourth-order valence-electron chi connectivity index (χ4n) is 1.54. The summed E-state index contributed by atoms with van der Waals surface area (Å²) in [6.07, 6.45) is -4.52. The maximum atomic E-state index is 12.0. The third-order valence-electron chi connectivity index (χ3n) is 2.49. The second kappa shape index (κ2) is 5.92. The number of ether oxygens (including phenoxy) is 1. The van der Waals surface area contributed by atoms with Gasteiger partial charge in [-0.2, -0.15) is 0 Å². The van der Waals surface area contributed by atoms with E-state index in [4.69, 9.17) is 5.11 Å². The van der Waals surface area contributed by atoms with E-state index in [-0.39, 0.29) is 12.2 Å². The third-order valence-corrected chi connectivity index (χ3v) is 2.49. The van der Waals surface area contributed by atoms with Gasteiger partial charge in [-0.1, -0.05) is 12.1 Å². The second-order valence-corrected chi connectivity index (χ2v) is 4.21. The Morgan fingerprint density at radius 3 is 2.21 bits per heavy atom. The van der Waals surface area contributed by atoms with Crippen molar-refractivity contribution in [3.8, 4) is 5.75 Å². The number of hydrogen-bond acceptors (Lipinski definition) is 3. The lowest BCUT2D eigenvalue weighted by atomic mass is 10.1. The highest BCUT2D eigenvalue weighted by Gasteiger charge is 2.31. The number of rotatable bonds is 5. The minimum atomic E-state index is -4.73. The van der Waals surface area contributed by atoms with Crippen LogP contribution in [0.5, 0.6) is 5.75 Å². The van der Waals surface area contributed by atoms with Gasteiger partial charge in [0.2, 0.25) is 0 Å². The van der Waals surface area contributed by atoms with Gasteiger partial charge < -0.3 is 9.84 Å². The Hall–Kier alpha value is -1.76. The van der Waals surface area contributed by atoms with E-state index >= 15 is 0 Å². The molecule has 4 nitrogen and oxygen atoms in total. The van der Waals surface area contributed by atoms with Gasteiger partial charge >= 0.3 is 12.3 Å². The van der Waals surface area contributed by atoms with Crippen LogP contribution in [0.2, 0.25) is 0 Å². The van der Waals surface area contributed by atoms with Crippen molar-refractivity contribution < 1.29 is 27.8 Å². The van der Waals surface area contributed by atoms with E-state index in [0.29, 0.717) is 5.56 Å². The molecular weight excluding hydrogens is 263 g/mol. The van der Waals surface area contributed by atoms with Crippen LogP contribution in [0.1, 0.15) is 5.56 Å². The molecule has 1 aromatic rings. The largest absolute Gasteiger partial charge is 0.573 e. The molecule has 0 heterocycles. The van der Waals surface area contributed by atoms with Crippen LogP contribution in [0.15, 0.2) is 24.3 Å². The van der Waals surface area contributed by atoms with Gasteiger partial charge in [0, 0.05) is 0 Å². The van der Waals surface area contributed by atoms with Crippen molar-refractivity contribution in [2.75, 3.05) is 14.1 Å². The van der Waals surface area contributed by atoms with Gasteiger partial charge in [0.25, 0.3) is 0 Å². The Morgan fingerprint density at radius 2 is 1.84 bits per heavy atom. The predicted octanol–water partition coefficient (Wildman–Crippen LogP) is 2.14.